The van der Waals surface area contributed by atoms with Gasteiger partial charge in [0, 0.05) is 26.2 Å². The molecule has 2 heterocycles. The molecule has 0 bridgehead atoms. The van der Waals surface area contributed by atoms with Crippen LogP contribution in [0, 0.1) is 0 Å². The van der Waals surface area contributed by atoms with Gasteiger partial charge in [-0.05, 0) is 25.5 Å². The van der Waals surface area contributed by atoms with E-state index in [9.17, 15) is 19.5 Å². The second kappa shape index (κ2) is 10.2. The number of carbonyl (C=O) groups excluding carboxylic acids is 2. The number of hydrogen-bond donors (Lipinski definition) is 2. The molecule has 1 aromatic rings. The van der Waals surface area contributed by atoms with Crippen molar-refractivity contribution in [2.75, 3.05) is 26.2 Å². The molecule has 0 saturated carbocycles. The maximum Gasteiger partial charge on any atom is 0.320 e. The van der Waals surface area contributed by atoms with Crippen molar-refractivity contribution in [2.24, 2.45) is 0 Å². The Morgan fingerprint density at radius 2 is 1.85 bits per heavy atom. The minimum Gasteiger partial charge on any atom is -0.480 e. The number of carboxylic acids is 1. The number of piperazine rings is 1. The standard InChI is InChI=1S/C17H25N3O5.ClH/c1-3-5-13(17(23)24)18-12(2)15(21)19-7-9-20(10-8-19)16(22)14-6-4-11-25-14;/h4,6,11-13,18H,3,5,7-10H2,1-2H3,(H,23,24);1H. The fraction of sp³-hybridized carbons (Fsp3) is 0.588. The average Bonchev–Trinajstić information content (AvgIpc) is 3.14. The van der Waals surface area contributed by atoms with Gasteiger partial charge < -0.3 is 19.3 Å². The Hall–Kier alpha value is -2.06. The van der Waals surface area contributed by atoms with E-state index in [4.69, 9.17) is 4.42 Å². The number of furan rings is 1. The molecule has 1 fully saturated rings. The molecule has 0 spiro atoms. The first-order chi connectivity index (χ1) is 11.9. The Morgan fingerprint density at radius 1 is 1.23 bits per heavy atom. The lowest BCUT2D eigenvalue weighted by atomic mass is 10.1. The van der Waals surface area contributed by atoms with Crippen molar-refractivity contribution >= 4 is 30.2 Å². The highest BCUT2D eigenvalue weighted by Crippen LogP contribution is 2.10. The minimum atomic E-state index is -0.949. The molecule has 9 heteroatoms. The van der Waals surface area contributed by atoms with Gasteiger partial charge in [0.05, 0.1) is 12.3 Å². The molecular formula is C17H26ClN3O5. The summed E-state index contributed by atoms with van der Waals surface area (Å²) in [5.74, 6) is -0.987. The SMILES string of the molecule is CCCC(NC(C)C(=O)N1CCN(C(=O)c2ccco2)CC1)C(=O)O.Cl. The van der Waals surface area contributed by atoms with E-state index in [1.54, 1.807) is 28.9 Å². The second-order valence-corrected chi connectivity index (χ2v) is 6.16. The molecule has 2 rings (SSSR count). The molecule has 0 radical (unpaired) electrons. The van der Waals surface area contributed by atoms with Crippen LogP contribution in [-0.4, -0.2) is 71.0 Å². The van der Waals surface area contributed by atoms with Crippen LogP contribution in [0.2, 0.25) is 0 Å². The van der Waals surface area contributed by atoms with Gasteiger partial charge in [0.15, 0.2) is 5.76 Å². The third kappa shape index (κ3) is 5.47. The molecule has 1 saturated heterocycles. The van der Waals surface area contributed by atoms with Crippen LogP contribution in [0.3, 0.4) is 0 Å². The van der Waals surface area contributed by atoms with Gasteiger partial charge in [0.1, 0.15) is 6.04 Å². The predicted molar refractivity (Wildman–Crippen MR) is 97.4 cm³/mol. The number of nitrogens with zero attached hydrogens (tertiary/aromatic N) is 2. The maximum absolute atomic E-state index is 12.5. The lowest BCUT2D eigenvalue weighted by Crippen LogP contribution is -2.56. The largest absolute Gasteiger partial charge is 0.480 e. The molecule has 8 nitrogen and oxygen atoms in total. The zero-order valence-electron chi connectivity index (χ0n) is 15.0. The maximum atomic E-state index is 12.5. The van der Waals surface area contributed by atoms with Crippen LogP contribution >= 0.6 is 12.4 Å². The Morgan fingerprint density at radius 3 is 2.35 bits per heavy atom. The summed E-state index contributed by atoms with van der Waals surface area (Å²) < 4.78 is 5.11. The van der Waals surface area contributed by atoms with Gasteiger partial charge >= 0.3 is 5.97 Å². The van der Waals surface area contributed by atoms with E-state index in [1.165, 1.54) is 6.26 Å². The smallest absolute Gasteiger partial charge is 0.320 e. The fourth-order valence-corrected chi connectivity index (χ4v) is 2.90. The van der Waals surface area contributed by atoms with Crippen LogP contribution in [0.1, 0.15) is 37.2 Å². The van der Waals surface area contributed by atoms with Crippen molar-refractivity contribution in [1.29, 1.82) is 0 Å². The summed E-state index contributed by atoms with van der Waals surface area (Å²) >= 11 is 0. The number of rotatable bonds is 7. The first-order valence-corrected chi connectivity index (χ1v) is 8.54. The number of aliphatic carboxylic acids is 1. The summed E-state index contributed by atoms with van der Waals surface area (Å²) in [5.41, 5.74) is 0. The van der Waals surface area contributed by atoms with Gasteiger partial charge in [-0.2, -0.15) is 0 Å². The monoisotopic (exact) mass is 387 g/mol. The number of carbonyl (C=O) groups is 3. The van der Waals surface area contributed by atoms with E-state index in [2.05, 4.69) is 5.32 Å². The van der Waals surface area contributed by atoms with Gasteiger partial charge in [0.25, 0.3) is 5.91 Å². The minimum absolute atomic E-state index is 0. The molecule has 0 aromatic carbocycles. The molecule has 0 aliphatic carbocycles. The molecular weight excluding hydrogens is 362 g/mol. The highest BCUT2D eigenvalue weighted by molar-refractivity contribution is 5.91. The lowest BCUT2D eigenvalue weighted by Gasteiger charge is -2.36. The van der Waals surface area contributed by atoms with Crippen LogP contribution in [-0.2, 0) is 9.59 Å². The first-order valence-electron chi connectivity index (χ1n) is 8.54. The quantitative estimate of drug-likeness (QED) is 0.729. The zero-order valence-corrected chi connectivity index (χ0v) is 15.8. The predicted octanol–water partition coefficient (Wildman–Crippen LogP) is 1.22. The normalized spacial score (nSPS) is 16.5. The van der Waals surface area contributed by atoms with Crippen molar-refractivity contribution in [2.45, 2.75) is 38.8 Å². The van der Waals surface area contributed by atoms with E-state index >= 15 is 0 Å². The average molecular weight is 388 g/mol. The van der Waals surface area contributed by atoms with Crippen molar-refractivity contribution in [1.82, 2.24) is 15.1 Å². The molecule has 2 unspecified atom stereocenters. The molecule has 26 heavy (non-hydrogen) atoms. The van der Waals surface area contributed by atoms with Crippen molar-refractivity contribution in [3.63, 3.8) is 0 Å². The second-order valence-electron chi connectivity index (χ2n) is 6.16. The molecule has 2 atom stereocenters. The Kier molecular flexibility index (Phi) is 8.60. The lowest BCUT2D eigenvalue weighted by molar-refractivity contribution is -0.141. The van der Waals surface area contributed by atoms with Crippen LogP contribution in [0.4, 0.5) is 0 Å². The summed E-state index contributed by atoms with van der Waals surface area (Å²) in [5, 5.41) is 12.1. The van der Waals surface area contributed by atoms with Crippen molar-refractivity contribution in [3.05, 3.63) is 24.2 Å². The van der Waals surface area contributed by atoms with Gasteiger partial charge in [-0.15, -0.1) is 12.4 Å². The first kappa shape index (κ1) is 22.0. The number of halogens is 1. The number of carboxylic acid groups (broad SMARTS) is 1. The van der Waals surface area contributed by atoms with Gasteiger partial charge in [-0.3, -0.25) is 19.7 Å². The van der Waals surface area contributed by atoms with Crippen LogP contribution in [0.5, 0.6) is 0 Å². The zero-order chi connectivity index (χ0) is 18.4. The van der Waals surface area contributed by atoms with Gasteiger partial charge in [0.2, 0.25) is 5.91 Å². The summed E-state index contributed by atoms with van der Waals surface area (Å²) in [4.78, 5) is 39.3. The molecule has 1 aliphatic rings. The molecule has 1 aromatic heterocycles. The summed E-state index contributed by atoms with van der Waals surface area (Å²) in [6, 6.07) is 1.96. The fourth-order valence-electron chi connectivity index (χ4n) is 2.90. The molecule has 1 aliphatic heterocycles. The number of nitrogens with one attached hydrogen (secondary N) is 1. The summed E-state index contributed by atoms with van der Waals surface area (Å²) in [6.45, 7) is 5.27. The summed E-state index contributed by atoms with van der Waals surface area (Å²) in [7, 11) is 0. The number of amides is 2. The van der Waals surface area contributed by atoms with Gasteiger partial charge in [-0.1, -0.05) is 13.3 Å². The van der Waals surface area contributed by atoms with Crippen LogP contribution < -0.4 is 5.32 Å². The van der Waals surface area contributed by atoms with E-state index in [-0.39, 0.29) is 24.2 Å². The van der Waals surface area contributed by atoms with E-state index < -0.39 is 18.1 Å². The van der Waals surface area contributed by atoms with Crippen molar-refractivity contribution in [3.8, 4) is 0 Å². The molecule has 2 amide bonds. The van der Waals surface area contributed by atoms with E-state index in [0.29, 0.717) is 38.4 Å². The van der Waals surface area contributed by atoms with Crippen LogP contribution in [0.15, 0.2) is 22.8 Å². The highest BCUT2D eigenvalue weighted by Gasteiger charge is 2.30. The van der Waals surface area contributed by atoms with E-state index in [1.807, 2.05) is 6.92 Å². The topological polar surface area (TPSA) is 103 Å². The highest BCUT2D eigenvalue weighted by atomic mass is 35.5. The van der Waals surface area contributed by atoms with Crippen molar-refractivity contribution < 1.29 is 23.9 Å². The Balaban J connectivity index is 0.00000338. The van der Waals surface area contributed by atoms with Gasteiger partial charge in [-0.25, -0.2) is 0 Å². The van der Waals surface area contributed by atoms with E-state index in [0.717, 1.165) is 6.42 Å². The summed E-state index contributed by atoms with van der Waals surface area (Å²) in [6.07, 6.45) is 2.65. The Labute approximate surface area is 158 Å². The Bertz CT molecular complexity index is 600. The number of hydrogen-bond acceptors (Lipinski definition) is 5. The molecule has 146 valence electrons. The third-order valence-corrected chi connectivity index (χ3v) is 4.31. The molecule has 2 N–H and O–H groups in total. The third-order valence-electron chi connectivity index (χ3n) is 4.31. The van der Waals surface area contributed by atoms with Crippen LogP contribution in [0.25, 0.3) is 0 Å².